The number of likely N-dealkylation sites (tertiary alicyclic amines) is 1. The minimum absolute atomic E-state index is 0.0405. The highest BCUT2D eigenvalue weighted by Gasteiger charge is 2.39. The van der Waals surface area contributed by atoms with Gasteiger partial charge < -0.3 is 24.4 Å². The van der Waals surface area contributed by atoms with Gasteiger partial charge in [0.05, 0.1) is 31.8 Å². The summed E-state index contributed by atoms with van der Waals surface area (Å²) in [7, 11) is 0. The summed E-state index contributed by atoms with van der Waals surface area (Å²) in [5.41, 5.74) is 1.83. The highest BCUT2D eigenvalue weighted by molar-refractivity contribution is 5.69. The van der Waals surface area contributed by atoms with E-state index in [1.54, 1.807) is 17.3 Å². The first-order valence-electron chi connectivity index (χ1n) is 15.7. The van der Waals surface area contributed by atoms with E-state index in [0.717, 1.165) is 37.1 Å². The zero-order chi connectivity index (χ0) is 30.4. The molecule has 0 radical (unpaired) electrons. The summed E-state index contributed by atoms with van der Waals surface area (Å²) >= 11 is 0. The summed E-state index contributed by atoms with van der Waals surface area (Å²) in [5, 5.41) is 3.30. The van der Waals surface area contributed by atoms with Crippen molar-refractivity contribution in [2.75, 3.05) is 39.7 Å². The fourth-order valence-electron chi connectivity index (χ4n) is 5.72. The lowest BCUT2D eigenvalue weighted by Crippen LogP contribution is -2.55. The monoisotopic (exact) mass is 600 g/mol. The zero-order valence-corrected chi connectivity index (χ0v) is 25.6. The van der Waals surface area contributed by atoms with Crippen LogP contribution in [0.4, 0.5) is 13.6 Å². The number of alkyl halides is 2. The second kappa shape index (κ2) is 14.2. The summed E-state index contributed by atoms with van der Waals surface area (Å²) < 4.78 is 41.7. The Balaban J connectivity index is 0.000000180. The molecule has 4 heterocycles. The van der Waals surface area contributed by atoms with Gasteiger partial charge in [0, 0.05) is 25.0 Å². The molecule has 10 heteroatoms. The molecule has 4 fully saturated rings. The Bertz CT molecular complexity index is 1210. The molecule has 1 amide bonds. The number of halogens is 2. The maximum atomic E-state index is 12.4. The number of carbonyl (C=O) groups excluding carboxylic acids is 1. The number of pyridine rings is 2. The smallest absolute Gasteiger partial charge is 0.410 e. The number of amides is 1. The lowest BCUT2D eigenvalue weighted by Gasteiger charge is -2.40. The molecule has 2 aliphatic carbocycles. The van der Waals surface area contributed by atoms with Crippen molar-refractivity contribution < 1.29 is 27.8 Å². The predicted octanol–water partition coefficient (Wildman–Crippen LogP) is 6.22. The molecule has 236 valence electrons. The maximum absolute atomic E-state index is 12.4. The Morgan fingerprint density at radius 1 is 0.907 bits per heavy atom. The van der Waals surface area contributed by atoms with Crippen molar-refractivity contribution in [1.29, 1.82) is 0 Å². The third-order valence-corrected chi connectivity index (χ3v) is 8.72. The van der Waals surface area contributed by atoms with Crippen molar-refractivity contribution in [3.63, 3.8) is 0 Å². The average molecular weight is 601 g/mol. The van der Waals surface area contributed by atoms with Gasteiger partial charge in [-0.25, -0.2) is 4.79 Å². The maximum Gasteiger partial charge on any atom is 0.410 e. The van der Waals surface area contributed by atoms with Crippen molar-refractivity contribution in [2.24, 2.45) is 11.8 Å². The van der Waals surface area contributed by atoms with Gasteiger partial charge in [0.2, 0.25) is 0 Å². The normalized spacial score (nSPS) is 27.1. The number of ether oxygens (including phenoxy) is 3. The first kappa shape index (κ1) is 31.4. The summed E-state index contributed by atoms with van der Waals surface area (Å²) in [6.07, 6.45) is 12.4. The number of carbonyl (C=O) groups is 1. The lowest BCUT2D eigenvalue weighted by atomic mass is 10.1. The molecule has 2 aromatic rings. The van der Waals surface area contributed by atoms with E-state index < -0.39 is 5.60 Å². The van der Waals surface area contributed by atoms with Gasteiger partial charge in [-0.3, -0.25) is 18.7 Å². The van der Waals surface area contributed by atoms with Gasteiger partial charge in [0.1, 0.15) is 30.3 Å². The van der Waals surface area contributed by atoms with Gasteiger partial charge in [-0.05, 0) is 113 Å². The molecule has 0 bridgehead atoms. The summed E-state index contributed by atoms with van der Waals surface area (Å²) in [6, 6.07) is 4.59. The van der Waals surface area contributed by atoms with Crippen molar-refractivity contribution >= 4 is 6.09 Å². The highest BCUT2D eigenvalue weighted by atomic mass is 19.1. The van der Waals surface area contributed by atoms with Crippen molar-refractivity contribution in [3.05, 3.63) is 48.0 Å². The molecule has 8 nitrogen and oxygen atoms in total. The molecular formula is C33H46F2N4O4. The Labute approximate surface area is 253 Å². The van der Waals surface area contributed by atoms with Crippen molar-refractivity contribution in [2.45, 2.75) is 88.8 Å². The van der Waals surface area contributed by atoms with Crippen molar-refractivity contribution in [1.82, 2.24) is 20.2 Å². The van der Waals surface area contributed by atoms with E-state index >= 15 is 0 Å². The molecule has 2 saturated carbocycles. The third-order valence-electron chi connectivity index (χ3n) is 8.72. The van der Waals surface area contributed by atoms with Crippen LogP contribution in [-0.4, -0.2) is 78.3 Å². The first-order chi connectivity index (χ1) is 20.7. The number of aromatic nitrogens is 2. The minimum atomic E-state index is -0.489. The zero-order valence-electron chi connectivity index (χ0n) is 25.6. The fourth-order valence-corrected chi connectivity index (χ4v) is 5.72. The number of nitrogens with one attached hydrogen (secondary N) is 1. The molecule has 0 spiro atoms. The highest BCUT2D eigenvalue weighted by Crippen LogP contribution is 2.50. The van der Waals surface area contributed by atoms with Crippen LogP contribution in [0.15, 0.2) is 36.9 Å². The molecule has 2 aliphatic heterocycles. The number of hydrogen-bond donors (Lipinski definition) is 1. The van der Waals surface area contributed by atoms with E-state index in [0.29, 0.717) is 68.1 Å². The van der Waals surface area contributed by atoms with Gasteiger partial charge in [-0.1, -0.05) is 0 Å². The summed E-state index contributed by atoms with van der Waals surface area (Å²) in [6.45, 7) is 8.07. The molecule has 43 heavy (non-hydrogen) atoms. The largest absolute Gasteiger partial charge is 0.490 e. The second-order valence-electron chi connectivity index (χ2n) is 13.2. The third kappa shape index (κ3) is 9.00. The van der Waals surface area contributed by atoms with Crippen LogP contribution in [-0.2, 0) is 4.74 Å². The van der Waals surface area contributed by atoms with Crippen LogP contribution in [0.5, 0.6) is 11.5 Å². The molecule has 1 N–H and O–H groups in total. The Morgan fingerprint density at radius 3 is 1.91 bits per heavy atom. The molecule has 2 aromatic heterocycles. The predicted molar refractivity (Wildman–Crippen MR) is 160 cm³/mol. The molecular weight excluding hydrogens is 554 g/mol. The van der Waals surface area contributed by atoms with Gasteiger partial charge >= 0.3 is 6.09 Å². The van der Waals surface area contributed by atoms with Crippen LogP contribution in [0.25, 0.3) is 0 Å². The first-order valence-corrected chi connectivity index (χ1v) is 15.7. The van der Waals surface area contributed by atoms with E-state index in [9.17, 15) is 13.6 Å². The van der Waals surface area contributed by atoms with E-state index in [-0.39, 0.29) is 25.5 Å². The van der Waals surface area contributed by atoms with Crippen LogP contribution in [0, 0.1) is 11.8 Å². The number of nitrogens with zero attached hydrogens (tertiary/aromatic N) is 3. The second-order valence-corrected chi connectivity index (χ2v) is 13.2. The molecule has 4 aliphatic rings. The van der Waals surface area contributed by atoms with Gasteiger partial charge in [-0.2, -0.15) is 0 Å². The SMILES string of the molecule is CC(C)(C)OC(=O)N1CC[C@H]1COc1cncc(C2C[C@H]2CCF)c1.FCC[C@@H]1CC1c1cncc(OC[C@@H]2CCN2)c1. The molecule has 2 unspecified atom stereocenters. The van der Waals surface area contributed by atoms with Crippen LogP contribution in [0.2, 0.25) is 0 Å². The number of hydrogen-bond acceptors (Lipinski definition) is 7. The Kier molecular flexibility index (Phi) is 10.4. The van der Waals surface area contributed by atoms with Crippen LogP contribution in [0.3, 0.4) is 0 Å². The van der Waals surface area contributed by atoms with Gasteiger partial charge in [0.15, 0.2) is 0 Å². The Morgan fingerprint density at radius 2 is 1.47 bits per heavy atom. The van der Waals surface area contributed by atoms with Crippen LogP contribution >= 0.6 is 0 Å². The van der Waals surface area contributed by atoms with E-state index in [4.69, 9.17) is 14.2 Å². The van der Waals surface area contributed by atoms with Crippen LogP contribution in [0.1, 0.15) is 82.3 Å². The van der Waals surface area contributed by atoms with Crippen LogP contribution < -0.4 is 14.8 Å². The Hall–Kier alpha value is -3.01. The molecule has 6 atom stereocenters. The topological polar surface area (TPSA) is 85.8 Å². The molecule has 2 saturated heterocycles. The minimum Gasteiger partial charge on any atom is -0.490 e. The van der Waals surface area contributed by atoms with Gasteiger partial charge in [0.25, 0.3) is 0 Å². The molecule has 6 rings (SSSR count). The van der Waals surface area contributed by atoms with E-state index in [1.165, 1.54) is 12.0 Å². The van der Waals surface area contributed by atoms with E-state index in [2.05, 4.69) is 21.4 Å². The standard InChI is InChI=1S/C19H27FN2O3.C14H19FN2O/c1-19(2,3)25-18(23)22-7-5-15(22)12-24-16-8-14(10-21-11-16)17-9-13(17)4-6-20;15-3-1-10-6-14(10)11-5-13(8-16-7-11)18-9-12-2-4-17-12/h8,10-11,13,15,17H,4-7,9,12H2,1-3H3;5,7-8,10,12,14,17H,1-4,6,9H2/t13-,15+,17?;10-,12+,14?/m11/s1. The number of rotatable bonds is 12. The van der Waals surface area contributed by atoms with Gasteiger partial charge in [-0.15, -0.1) is 0 Å². The van der Waals surface area contributed by atoms with E-state index in [1.807, 2.05) is 39.2 Å². The fraction of sp³-hybridized carbons (Fsp3) is 0.667. The molecule has 0 aromatic carbocycles. The van der Waals surface area contributed by atoms with Crippen molar-refractivity contribution in [3.8, 4) is 11.5 Å². The quantitative estimate of drug-likeness (QED) is 0.310. The average Bonchev–Trinajstić information content (AvgIpc) is 3.84. The lowest BCUT2D eigenvalue weighted by molar-refractivity contribution is -0.0141. The summed E-state index contributed by atoms with van der Waals surface area (Å²) in [5.74, 6) is 3.41. The summed E-state index contributed by atoms with van der Waals surface area (Å²) in [4.78, 5) is 22.3.